The number of amides is 2. The highest BCUT2D eigenvalue weighted by Gasteiger charge is 2.27. The first-order valence-corrected chi connectivity index (χ1v) is 9.92. The molecule has 10 heteroatoms. The van der Waals surface area contributed by atoms with Gasteiger partial charge in [-0.2, -0.15) is 4.31 Å². The zero-order valence-electron chi connectivity index (χ0n) is 14.2. The predicted molar refractivity (Wildman–Crippen MR) is 102 cm³/mol. The number of hydrogen-bond acceptors (Lipinski definition) is 5. The topological polar surface area (TPSA) is 108 Å². The second kappa shape index (κ2) is 8.13. The number of carbonyl (C=O) groups is 1. The van der Waals surface area contributed by atoms with E-state index in [1.807, 2.05) is 0 Å². The Bertz CT molecular complexity index is 945. The lowest BCUT2D eigenvalue weighted by Gasteiger charge is -2.26. The largest absolute Gasteiger partial charge is 0.508 e. The highest BCUT2D eigenvalue weighted by atomic mass is 35.5. The average Bonchev–Trinajstić information content (AvgIpc) is 2.64. The summed E-state index contributed by atoms with van der Waals surface area (Å²) in [4.78, 5) is 12.2. The van der Waals surface area contributed by atoms with Gasteiger partial charge in [0.05, 0.1) is 28.8 Å². The summed E-state index contributed by atoms with van der Waals surface area (Å²) in [6.07, 6.45) is 0. The SMILES string of the molecule is O=C(Nc1cccc(O)c1)Nc1cc(S(=O)(=O)N2CCOCC2)ccc1Cl. The lowest BCUT2D eigenvalue weighted by atomic mass is 10.3. The molecule has 8 nitrogen and oxygen atoms in total. The Morgan fingerprint density at radius 3 is 2.56 bits per heavy atom. The number of halogens is 1. The van der Waals surface area contributed by atoms with Crippen LogP contribution in [0.3, 0.4) is 0 Å². The van der Waals surface area contributed by atoms with E-state index in [4.69, 9.17) is 16.3 Å². The van der Waals surface area contributed by atoms with E-state index in [1.54, 1.807) is 12.1 Å². The number of urea groups is 1. The minimum atomic E-state index is -3.71. The molecule has 0 bridgehead atoms. The Hall–Kier alpha value is -2.33. The molecule has 0 atom stereocenters. The van der Waals surface area contributed by atoms with Gasteiger partial charge in [-0.15, -0.1) is 0 Å². The van der Waals surface area contributed by atoms with Crippen molar-refractivity contribution in [3.05, 3.63) is 47.5 Å². The van der Waals surface area contributed by atoms with E-state index < -0.39 is 16.1 Å². The van der Waals surface area contributed by atoms with E-state index in [0.29, 0.717) is 18.9 Å². The van der Waals surface area contributed by atoms with Crippen LogP contribution < -0.4 is 10.6 Å². The summed E-state index contributed by atoms with van der Waals surface area (Å²) < 4.78 is 32.0. The molecule has 0 saturated carbocycles. The first-order valence-electron chi connectivity index (χ1n) is 8.11. The number of carbonyl (C=O) groups excluding carboxylic acids is 1. The molecular formula is C17H18ClN3O5S. The monoisotopic (exact) mass is 411 g/mol. The van der Waals surface area contributed by atoms with Crippen molar-refractivity contribution >= 4 is 39.0 Å². The van der Waals surface area contributed by atoms with Crippen molar-refractivity contribution in [3.8, 4) is 5.75 Å². The van der Waals surface area contributed by atoms with Crippen molar-refractivity contribution < 1.29 is 23.1 Å². The minimum Gasteiger partial charge on any atom is -0.508 e. The maximum absolute atomic E-state index is 12.7. The van der Waals surface area contributed by atoms with Gasteiger partial charge in [0.2, 0.25) is 10.0 Å². The van der Waals surface area contributed by atoms with Crippen molar-refractivity contribution in [1.82, 2.24) is 4.31 Å². The fourth-order valence-electron chi connectivity index (χ4n) is 2.56. The molecule has 2 aromatic carbocycles. The highest BCUT2D eigenvalue weighted by molar-refractivity contribution is 7.89. The summed E-state index contributed by atoms with van der Waals surface area (Å²) in [6.45, 7) is 1.21. The molecule has 2 amide bonds. The molecule has 2 aromatic rings. The Balaban J connectivity index is 1.78. The molecule has 0 aliphatic carbocycles. The van der Waals surface area contributed by atoms with Crippen LogP contribution in [0.4, 0.5) is 16.2 Å². The number of sulfonamides is 1. The number of ether oxygens (including phenoxy) is 1. The Kier molecular flexibility index (Phi) is 5.85. The number of rotatable bonds is 4. The molecule has 1 saturated heterocycles. The van der Waals surface area contributed by atoms with Crippen molar-refractivity contribution in [1.29, 1.82) is 0 Å². The lowest BCUT2D eigenvalue weighted by molar-refractivity contribution is 0.0730. The van der Waals surface area contributed by atoms with Crippen molar-refractivity contribution in [2.24, 2.45) is 0 Å². The van der Waals surface area contributed by atoms with Crippen LogP contribution >= 0.6 is 11.6 Å². The number of benzene rings is 2. The lowest BCUT2D eigenvalue weighted by Crippen LogP contribution is -2.40. The third-order valence-electron chi connectivity index (χ3n) is 3.90. The molecule has 3 rings (SSSR count). The van der Waals surface area contributed by atoms with E-state index in [1.165, 1.54) is 34.6 Å². The smallest absolute Gasteiger partial charge is 0.323 e. The zero-order valence-corrected chi connectivity index (χ0v) is 15.8. The maximum Gasteiger partial charge on any atom is 0.323 e. The Morgan fingerprint density at radius 2 is 1.85 bits per heavy atom. The molecule has 0 unspecified atom stereocenters. The van der Waals surface area contributed by atoms with Gasteiger partial charge < -0.3 is 20.5 Å². The fraction of sp³-hybridized carbons (Fsp3) is 0.235. The molecule has 144 valence electrons. The van der Waals surface area contributed by atoms with E-state index in [-0.39, 0.29) is 34.4 Å². The second-order valence-electron chi connectivity index (χ2n) is 5.79. The van der Waals surface area contributed by atoms with Crippen LogP contribution in [0.25, 0.3) is 0 Å². The number of morpholine rings is 1. The summed E-state index contributed by atoms with van der Waals surface area (Å²) in [5, 5.41) is 14.7. The van der Waals surface area contributed by atoms with Gasteiger partial charge >= 0.3 is 6.03 Å². The van der Waals surface area contributed by atoms with Gasteiger partial charge in [-0.25, -0.2) is 13.2 Å². The van der Waals surface area contributed by atoms with Crippen LogP contribution in [-0.2, 0) is 14.8 Å². The predicted octanol–water partition coefficient (Wildman–Crippen LogP) is 2.71. The first-order chi connectivity index (χ1) is 12.9. The molecule has 3 N–H and O–H groups in total. The van der Waals surface area contributed by atoms with Crippen LogP contribution in [0, 0.1) is 0 Å². The molecular weight excluding hydrogens is 394 g/mol. The maximum atomic E-state index is 12.7. The molecule has 1 heterocycles. The number of nitrogens with one attached hydrogen (secondary N) is 2. The molecule has 1 fully saturated rings. The van der Waals surface area contributed by atoms with Crippen molar-refractivity contribution in [2.45, 2.75) is 4.90 Å². The van der Waals surface area contributed by atoms with Gasteiger partial charge in [-0.3, -0.25) is 0 Å². The number of phenolic OH excluding ortho intramolecular Hbond substituents is 1. The summed E-state index contributed by atoms with van der Waals surface area (Å²) in [5.41, 5.74) is 0.532. The standard InChI is InChI=1S/C17H18ClN3O5S/c18-15-5-4-14(27(24,25)21-6-8-26-9-7-21)11-16(15)20-17(23)19-12-2-1-3-13(22)10-12/h1-5,10-11,22H,6-9H2,(H2,19,20,23). The van der Waals surface area contributed by atoms with Gasteiger partial charge in [-0.1, -0.05) is 17.7 Å². The van der Waals surface area contributed by atoms with E-state index in [0.717, 1.165) is 0 Å². The summed E-state index contributed by atoms with van der Waals surface area (Å²) >= 11 is 6.09. The van der Waals surface area contributed by atoms with E-state index in [2.05, 4.69) is 10.6 Å². The second-order valence-corrected chi connectivity index (χ2v) is 8.13. The quantitative estimate of drug-likeness (QED) is 0.716. The Labute approximate surface area is 161 Å². The number of anilines is 2. The van der Waals surface area contributed by atoms with Crippen LogP contribution in [0.5, 0.6) is 5.75 Å². The van der Waals surface area contributed by atoms with Gasteiger partial charge in [0.1, 0.15) is 5.75 Å². The van der Waals surface area contributed by atoms with Gasteiger partial charge in [0.15, 0.2) is 0 Å². The summed E-state index contributed by atoms with van der Waals surface area (Å²) in [5.74, 6) is 0.00411. The average molecular weight is 412 g/mol. The molecule has 1 aliphatic rings. The van der Waals surface area contributed by atoms with Gasteiger partial charge in [-0.05, 0) is 30.3 Å². The van der Waals surface area contributed by atoms with Crippen LogP contribution in [-0.4, -0.2) is 50.2 Å². The zero-order chi connectivity index (χ0) is 19.4. The number of aromatic hydroxyl groups is 1. The molecule has 0 radical (unpaired) electrons. The summed E-state index contributed by atoms with van der Waals surface area (Å²) in [7, 11) is -3.71. The van der Waals surface area contributed by atoms with Crippen molar-refractivity contribution in [3.63, 3.8) is 0 Å². The minimum absolute atomic E-state index is 0.00411. The van der Waals surface area contributed by atoms with Crippen LogP contribution in [0.15, 0.2) is 47.4 Å². The van der Waals surface area contributed by atoms with Crippen LogP contribution in [0.2, 0.25) is 5.02 Å². The normalized spacial score (nSPS) is 15.3. The van der Waals surface area contributed by atoms with Gasteiger partial charge in [0, 0.05) is 24.8 Å². The molecule has 27 heavy (non-hydrogen) atoms. The number of hydrogen-bond donors (Lipinski definition) is 3. The van der Waals surface area contributed by atoms with Crippen LogP contribution in [0.1, 0.15) is 0 Å². The van der Waals surface area contributed by atoms with Crippen molar-refractivity contribution in [2.75, 3.05) is 36.9 Å². The third kappa shape index (κ3) is 4.69. The number of phenols is 1. The van der Waals surface area contributed by atoms with E-state index >= 15 is 0 Å². The fourth-order valence-corrected chi connectivity index (χ4v) is 4.16. The van der Waals surface area contributed by atoms with E-state index in [9.17, 15) is 18.3 Å². The third-order valence-corrected chi connectivity index (χ3v) is 6.12. The first kappa shape index (κ1) is 19.4. The number of nitrogens with zero attached hydrogens (tertiary/aromatic N) is 1. The molecule has 0 spiro atoms. The molecule has 1 aliphatic heterocycles. The Morgan fingerprint density at radius 1 is 1.11 bits per heavy atom. The summed E-state index contributed by atoms with van der Waals surface area (Å²) in [6, 6.07) is 9.52. The van der Waals surface area contributed by atoms with Gasteiger partial charge in [0.25, 0.3) is 0 Å². The molecule has 0 aromatic heterocycles. The highest BCUT2D eigenvalue weighted by Crippen LogP contribution is 2.27.